The smallest absolute Gasteiger partial charge is 0.257 e. The van der Waals surface area contributed by atoms with Gasteiger partial charge in [-0.05, 0) is 42.8 Å². The van der Waals surface area contributed by atoms with E-state index in [0.29, 0.717) is 17.6 Å². The van der Waals surface area contributed by atoms with Crippen molar-refractivity contribution >= 4 is 23.3 Å². The van der Waals surface area contributed by atoms with Crippen molar-refractivity contribution in [2.45, 2.75) is 6.92 Å². The lowest BCUT2D eigenvalue weighted by molar-refractivity contribution is 0.425. The molecule has 0 aliphatic rings. The van der Waals surface area contributed by atoms with Crippen molar-refractivity contribution in [3.63, 3.8) is 0 Å². The molecule has 112 valence electrons. The highest BCUT2D eigenvalue weighted by Gasteiger charge is 2.05. The van der Waals surface area contributed by atoms with E-state index in [1.165, 1.54) is 0 Å². The molecule has 0 atom stereocenters. The molecular formula is C18H13N3O2. The molecule has 0 saturated heterocycles. The SMILES string of the molecule is Cc1noc(-c2ccc(C=Cc3nc4ccccc4o3)cc2)n1. The molecule has 5 nitrogen and oxygen atoms in total. The third-order valence-corrected chi connectivity index (χ3v) is 3.41. The van der Waals surface area contributed by atoms with Crippen molar-refractivity contribution in [2.75, 3.05) is 0 Å². The summed E-state index contributed by atoms with van der Waals surface area (Å²) in [6, 6.07) is 15.5. The zero-order valence-corrected chi connectivity index (χ0v) is 12.4. The third kappa shape index (κ3) is 2.76. The number of hydrogen-bond acceptors (Lipinski definition) is 5. The summed E-state index contributed by atoms with van der Waals surface area (Å²) in [5.41, 5.74) is 3.57. The Balaban J connectivity index is 1.56. The highest BCUT2D eigenvalue weighted by Crippen LogP contribution is 2.20. The molecule has 0 spiro atoms. The number of fused-ring (bicyclic) bond motifs is 1. The van der Waals surface area contributed by atoms with Gasteiger partial charge in [-0.3, -0.25) is 0 Å². The number of para-hydroxylation sites is 2. The second-order valence-electron chi connectivity index (χ2n) is 5.12. The number of aryl methyl sites for hydroxylation is 1. The van der Waals surface area contributed by atoms with Crippen molar-refractivity contribution in [3.05, 3.63) is 65.8 Å². The molecule has 23 heavy (non-hydrogen) atoms. The van der Waals surface area contributed by atoms with Crippen LogP contribution in [0.1, 0.15) is 17.3 Å². The van der Waals surface area contributed by atoms with Gasteiger partial charge in [-0.15, -0.1) is 0 Å². The van der Waals surface area contributed by atoms with Gasteiger partial charge in [0.1, 0.15) is 5.52 Å². The van der Waals surface area contributed by atoms with Crippen LogP contribution in [-0.4, -0.2) is 15.1 Å². The van der Waals surface area contributed by atoms with Crippen LogP contribution >= 0.6 is 0 Å². The molecule has 0 fully saturated rings. The molecule has 4 aromatic rings. The Morgan fingerprint density at radius 3 is 2.48 bits per heavy atom. The van der Waals surface area contributed by atoms with Crippen LogP contribution in [0, 0.1) is 6.92 Å². The highest BCUT2D eigenvalue weighted by atomic mass is 16.5. The molecule has 0 saturated carbocycles. The van der Waals surface area contributed by atoms with Crippen LogP contribution in [0.5, 0.6) is 0 Å². The van der Waals surface area contributed by atoms with E-state index in [9.17, 15) is 0 Å². The highest BCUT2D eigenvalue weighted by molar-refractivity contribution is 5.76. The number of aromatic nitrogens is 3. The predicted molar refractivity (Wildman–Crippen MR) is 87.4 cm³/mol. The zero-order chi connectivity index (χ0) is 15.6. The predicted octanol–water partition coefficient (Wildman–Crippen LogP) is 4.36. The molecule has 0 radical (unpaired) electrons. The van der Waals surface area contributed by atoms with Crippen LogP contribution in [-0.2, 0) is 0 Å². The van der Waals surface area contributed by atoms with E-state index in [4.69, 9.17) is 8.94 Å². The van der Waals surface area contributed by atoms with E-state index in [2.05, 4.69) is 15.1 Å². The standard InChI is InChI=1S/C18H13N3O2/c1-12-19-18(23-21-12)14-9-6-13(7-10-14)8-11-17-20-15-4-2-3-5-16(15)22-17/h2-11H,1H3. The van der Waals surface area contributed by atoms with E-state index in [0.717, 1.165) is 22.2 Å². The molecule has 2 aromatic carbocycles. The van der Waals surface area contributed by atoms with Crippen LogP contribution in [0.2, 0.25) is 0 Å². The van der Waals surface area contributed by atoms with E-state index in [1.54, 1.807) is 6.92 Å². The maximum absolute atomic E-state index is 5.65. The van der Waals surface area contributed by atoms with E-state index < -0.39 is 0 Å². The molecule has 0 bridgehead atoms. The topological polar surface area (TPSA) is 65.0 Å². The summed E-state index contributed by atoms with van der Waals surface area (Å²) in [7, 11) is 0. The van der Waals surface area contributed by atoms with Gasteiger partial charge in [0, 0.05) is 11.6 Å². The van der Waals surface area contributed by atoms with Gasteiger partial charge >= 0.3 is 0 Å². The van der Waals surface area contributed by atoms with Crippen LogP contribution in [0.4, 0.5) is 0 Å². The Morgan fingerprint density at radius 2 is 1.74 bits per heavy atom. The quantitative estimate of drug-likeness (QED) is 0.562. The minimum absolute atomic E-state index is 0.525. The summed E-state index contributed by atoms with van der Waals surface area (Å²) in [6.45, 7) is 1.80. The van der Waals surface area contributed by atoms with Crippen LogP contribution in [0.3, 0.4) is 0 Å². The Kier molecular flexibility index (Phi) is 3.24. The molecule has 2 aromatic heterocycles. The first kappa shape index (κ1) is 13.5. The van der Waals surface area contributed by atoms with Crippen LogP contribution in [0.15, 0.2) is 57.5 Å². The molecular weight excluding hydrogens is 290 g/mol. The summed E-state index contributed by atoms with van der Waals surface area (Å²) < 4.78 is 10.8. The number of oxazole rings is 1. The summed E-state index contributed by atoms with van der Waals surface area (Å²) in [5, 5.41) is 3.79. The van der Waals surface area contributed by atoms with Crippen molar-refractivity contribution in [1.82, 2.24) is 15.1 Å². The van der Waals surface area contributed by atoms with Crippen LogP contribution in [0.25, 0.3) is 34.7 Å². The van der Waals surface area contributed by atoms with Crippen molar-refractivity contribution in [2.24, 2.45) is 0 Å². The molecule has 2 heterocycles. The molecule has 0 N–H and O–H groups in total. The van der Waals surface area contributed by atoms with Gasteiger partial charge in [-0.25, -0.2) is 4.98 Å². The largest absolute Gasteiger partial charge is 0.437 e. The molecule has 0 aliphatic carbocycles. The fourth-order valence-electron chi connectivity index (χ4n) is 2.28. The van der Waals surface area contributed by atoms with Gasteiger partial charge in [0.15, 0.2) is 11.4 Å². The van der Waals surface area contributed by atoms with Crippen molar-refractivity contribution in [1.29, 1.82) is 0 Å². The fraction of sp³-hybridized carbons (Fsp3) is 0.0556. The Hall–Kier alpha value is -3.21. The minimum atomic E-state index is 0.525. The molecule has 4 rings (SSSR count). The fourth-order valence-corrected chi connectivity index (χ4v) is 2.28. The van der Waals surface area contributed by atoms with Gasteiger partial charge in [0.05, 0.1) is 0 Å². The average molecular weight is 303 g/mol. The normalized spacial score (nSPS) is 11.5. The number of rotatable bonds is 3. The summed E-state index contributed by atoms with van der Waals surface area (Å²) >= 11 is 0. The van der Waals surface area contributed by atoms with Gasteiger partial charge < -0.3 is 8.94 Å². The van der Waals surface area contributed by atoms with Crippen LogP contribution < -0.4 is 0 Å². The third-order valence-electron chi connectivity index (χ3n) is 3.41. The number of benzene rings is 2. The Morgan fingerprint density at radius 1 is 0.913 bits per heavy atom. The molecule has 0 aliphatic heterocycles. The molecule has 0 unspecified atom stereocenters. The van der Waals surface area contributed by atoms with Crippen molar-refractivity contribution < 1.29 is 8.94 Å². The lowest BCUT2D eigenvalue weighted by Gasteiger charge is -1.95. The molecule has 5 heteroatoms. The lowest BCUT2D eigenvalue weighted by atomic mass is 10.1. The number of nitrogens with zero attached hydrogens (tertiary/aromatic N) is 3. The maximum Gasteiger partial charge on any atom is 0.257 e. The zero-order valence-electron chi connectivity index (χ0n) is 12.4. The monoisotopic (exact) mass is 303 g/mol. The summed E-state index contributed by atoms with van der Waals surface area (Å²) in [4.78, 5) is 8.62. The summed E-state index contributed by atoms with van der Waals surface area (Å²) in [6.07, 6.45) is 3.80. The van der Waals surface area contributed by atoms with Gasteiger partial charge in [0.2, 0.25) is 5.89 Å². The van der Waals surface area contributed by atoms with Gasteiger partial charge in [-0.1, -0.05) is 29.4 Å². The average Bonchev–Trinajstić information content (AvgIpc) is 3.19. The van der Waals surface area contributed by atoms with Gasteiger partial charge in [-0.2, -0.15) is 4.98 Å². The van der Waals surface area contributed by atoms with E-state index in [-0.39, 0.29) is 0 Å². The minimum Gasteiger partial charge on any atom is -0.437 e. The Bertz CT molecular complexity index is 948. The maximum atomic E-state index is 5.65. The lowest BCUT2D eigenvalue weighted by Crippen LogP contribution is -1.79. The molecule has 0 amide bonds. The van der Waals surface area contributed by atoms with Crippen molar-refractivity contribution in [3.8, 4) is 11.5 Å². The first-order chi connectivity index (χ1) is 11.3. The van der Waals surface area contributed by atoms with E-state index in [1.807, 2.05) is 60.7 Å². The second kappa shape index (κ2) is 5.53. The first-order valence-electron chi connectivity index (χ1n) is 7.22. The van der Waals surface area contributed by atoms with Gasteiger partial charge in [0.25, 0.3) is 5.89 Å². The summed E-state index contributed by atoms with van der Waals surface area (Å²) in [5.74, 6) is 1.74. The van der Waals surface area contributed by atoms with E-state index >= 15 is 0 Å². The second-order valence-corrected chi connectivity index (χ2v) is 5.12. The number of hydrogen-bond donors (Lipinski definition) is 0. The first-order valence-corrected chi connectivity index (χ1v) is 7.22. The Labute approximate surface area is 132 Å².